The standard InChI is InChI=1S/C10H5BrF2N2O/c11-6-3-1-2-5(8(6)13)9-7(12)4-14-10(16)15-9/h1-4H,(H,14,15,16). The van der Waals surface area contributed by atoms with Crippen molar-refractivity contribution in [2.45, 2.75) is 0 Å². The molecule has 3 nitrogen and oxygen atoms in total. The molecule has 0 bridgehead atoms. The molecule has 2 rings (SSSR count). The zero-order valence-corrected chi connectivity index (χ0v) is 9.38. The van der Waals surface area contributed by atoms with E-state index in [4.69, 9.17) is 0 Å². The predicted molar refractivity (Wildman–Crippen MR) is 57.9 cm³/mol. The van der Waals surface area contributed by atoms with E-state index >= 15 is 0 Å². The van der Waals surface area contributed by atoms with E-state index in [0.717, 1.165) is 6.20 Å². The molecule has 0 aliphatic heterocycles. The number of hydrogen-bond donors (Lipinski definition) is 1. The molecule has 0 unspecified atom stereocenters. The number of aromatic amines is 1. The highest BCUT2D eigenvalue weighted by atomic mass is 79.9. The van der Waals surface area contributed by atoms with Crippen molar-refractivity contribution in [3.05, 3.63) is 51.0 Å². The second kappa shape index (κ2) is 4.13. The first kappa shape index (κ1) is 10.9. The van der Waals surface area contributed by atoms with Crippen molar-refractivity contribution < 1.29 is 8.78 Å². The fourth-order valence-corrected chi connectivity index (χ4v) is 1.64. The molecular formula is C10H5BrF2N2O. The molecule has 0 saturated carbocycles. The molecule has 0 aliphatic rings. The lowest BCUT2D eigenvalue weighted by Gasteiger charge is -2.04. The molecule has 0 amide bonds. The maximum absolute atomic E-state index is 13.6. The van der Waals surface area contributed by atoms with E-state index in [1.165, 1.54) is 12.1 Å². The molecule has 1 N–H and O–H groups in total. The van der Waals surface area contributed by atoms with Gasteiger partial charge in [-0.05, 0) is 28.1 Å². The Bertz CT molecular complexity index is 598. The number of aromatic nitrogens is 2. The van der Waals surface area contributed by atoms with Crippen LogP contribution in [0.4, 0.5) is 8.78 Å². The van der Waals surface area contributed by atoms with Crippen LogP contribution in [0.2, 0.25) is 0 Å². The summed E-state index contributed by atoms with van der Waals surface area (Å²) in [6.45, 7) is 0. The minimum absolute atomic E-state index is 0.0219. The largest absolute Gasteiger partial charge is 0.345 e. The third-order valence-electron chi connectivity index (χ3n) is 1.99. The van der Waals surface area contributed by atoms with E-state index in [1.54, 1.807) is 6.07 Å². The number of H-pyrrole nitrogens is 1. The average molecular weight is 287 g/mol. The summed E-state index contributed by atoms with van der Waals surface area (Å²) in [6, 6.07) is 4.39. The maximum atomic E-state index is 13.6. The van der Waals surface area contributed by atoms with Crippen LogP contribution >= 0.6 is 15.9 Å². The highest BCUT2D eigenvalue weighted by Crippen LogP contribution is 2.27. The van der Waals surface area contributed by atoms with Crippen LogP contribution in [0.25, 0.3) is 11.3 Å². The molecule has 0 fully saturated rings. The Balaban J connectivity index is 2.72. The van der Waals surface area contributed by atoms with Crippen molar-refractivity contribution in [2.24, 2.45) is 0 Å². The Kier molecular flexibility index (Phi) is 2.82. The summed E-state index contributed by atoms with van der Waals surface area (Å²) in [5.41, 5.74) is -0.957. The van der Waals surface area contributed by atoms with Crippen LogP contribution in [0.5, 0.6) is 0 Å². The Hall–Kier alpha value is -1.56. The fourth-order valence-electron chi connectivity index (χ4n) is 1.27. The molecule has 82 valence electrons. The van der Waals surface area contributed by atoms with Crippen molar-refractivity contribution in [3.8, 4) is 11.3 Å². The molecule has 0 saturated heterocycles. The summed E-state index contributed by atoms with van der Waals surface area (Å²) in [6.07, 6.45) is 0.758. The van der Waals surface area contributed by atoms with Gasteiger partial charge >= 0.3 is 5.69 Å². The molecular weight excluding hydrogens is 282 g/mol. The summed E-state index contributed by atoms with van der Waals surface area (Å²) in [5, 5.41) is 0. The van der Waals surface area contributed by atoms with Gasteiger partial charge in [-0.15, -0.1) is 0 Å². The zero-order chi connectivity index (χ0) is 11.7. The quantitative estimate of drug-likeness (QED) is 0.875. The number of halogens is 3. The molecule has 0 atom stereocenters. The Morgan fingerprint density at radius 1 is 1.31 bits per heavy atom. The lowest BCUT2D eigenvalue weighted by Crippen LogP contribution is -2.12. The number of benzene rings is 1. The molecule has 1 heterocycles. The van der Waals surface area contributed by atoms with Crippen molar-refractivity contribution in [3.63, 3.8) is 0 Å². The van der Waals surface area contributed by atoms with Crippen LogP contribution in [0.1, 0.15) is 0 Å². The number of rotatable bonds is 1. The number of nitrogens with one attached hydrogen (secondary N) is 1. The van der Waals surface area contributed by atoms with E-state index in [9.17, 15) is 13.6 Å². The van der Waals surface area contributed by atoms with Crippen LogP contribution in [0.3, 0.4) is 0 Å². The van der Waals surface area contributed by atoms with E-state index in [2.05, 4.69) is 25.9 Å². The highest BCUT2D eigenvalue weighted by molar-refractivity contribution is 9.10. The van der Waals surface area contributed by atoms with Crippen molar-refractivity contribution in [2.75, 3.05) is 0 Å². The molecule has 6 heteroatoms. The van der Waals surface area contributed by atoms with E-state index in [0.29, 0.717) is 0 Å². The number of hydrogen-bond acceptors (Lipinski definition) is 2. The normalized spacial score (nSPS) is 10.4. The monoisotopic (exact) mass is 286 g/mol. The van der Waals surface area contributed by atoms with Gasteiger partial charge < -0.3 is 4.98 Å². The van der Waals surface area contributed by atoms with Crippen LogP contribution in [-0.2, 0) is 0 Å². The van der Waals surface area contributed by atoms with Crippen LogP contribution in [0.15, 0.2) is 33.7 Å². The third kappa shape index (κ3) is 1.88. The van der Waals surface area contributed by atoms with E-state index < -0.39 is 17.3 Å². The Morgan fingerprint density at radius 3 is 2.81 bits per heavy atom. The van der Waals surface area contributed by atoms with Crippen molar-refractivity contribution in [1.29, 1.82) is 0 Å². The first-order valence-electron chi connectivity index (χ1n) is 4.29. The van der Waals surface area contributed by atoms with Gasteiger partial charge in [0.15, 0.2) is 5.82 Å². The highest BCUT2D eigenvalue weighted by Gasteiger charge is 2.13. The molecule has 0 spiro atoms. The lowest BCUT2D eigenvalue weighted by molar-refractivity contribution is 0.602. The van der Waals surface area contributed by atoms with Gasteiger partial charge in [-0.2, -0.15) is 4.98 Å². The minimum atomic E-state index is -0.781. The smallest absolute Gasteiger partial charge is 0.303 e. The Morgan fingerprint density at radius 2 is 2.06 bits per heavy atom. The number of nitrogens with zero attached hydrogens (tertiary/aromatic N) is 1. The van der Waals surface area contributed by atoms with Gasteiger partial charge in [-0.1, -0.05) is 6.07 Å². The SMILES string of the molecule is O=c1ncc(F)c(-c2cccc(Br)c2F)[nH]1. The topological polar surface area (TPSA) is 45.8 Å². The van der Waals surface area contributed by atoms with Crippen molar-refractivity contribution in [1.82, 2.24) is 9.97 Å². The van der Waals surface area contributed by atoms with Crippen molar-refractivity contribution >= 4 is 15.9 Å². The first-order chi connectivity index (χ1) is 7.59. The van der Waals surface area contributed by atoms with Gasteiger partial charge in [0.2, 0.25) is 0 Å². The minimum Gasteiger partial charge on any atom is -0.303 e. The zero-order valence-electron chi connectivity index (χ0n) is 7.80. The first-order valence-corrected chi connectivity index (χ1v) is 5.08. The predicted octanol–water partition coefficient (Wildman–Crippen LogP) is 2.48. The fraction of sp³-hybridized carbons (Fsp3) is 0. The molecule has 0 radical (unpaired) electrons. The lowest BCUT2D eigenvalue weighted by atomic mass is 10.1. The van der Waals surface area contributed by atoms with Gasteiger partial charge in [0.1, 0.15) is 5.82 Å². The summed E-state index contributed by atoms with van der Waals surface area (Å²) in [5.74, 6) is -1.42. The summed E-state index contributed by atoms with van der Waals surface area (Å²) in [4.78, 5) is 16.3. The average Bonchev–Trinajstić information content (AvgIpc) is 2.26. The second-order valence-corrected chi connectivity index (χ2v) is 3.87. The summed E-state index contributed by atoms with van der Waals surface area (Å²) in [7, 11) is 0. The van der Waals surface area contributed by atoms with Gasteiger partial charge in [-0.3, -0.25) is 0 Å². The summed E-state index contributed by atoms with van der Waals surface area (Å²) < 4.78 is 27.2. The van der Waals surface area contributed by atoms with Crippen LogP contribution < -0.4 is 5.69 Å². The van der Waals surface area contributed by atoms with Crippen LogP contribution in [0, 0.1) is 11.6 Å². The summed E-state index contributed by atoms with van der Waals surface area (Å²) >= 11 is 2.98. The molecule has 0 aliphatic carbocycles. The maximum Gasteiger partial charge on any atom is 0.345 e. The molecule has 1 aromatic carbocycles. The molecule has 16 heavy (non-hydrogen) atoms. The van der Waals surface area contributed by atoms with Gasteiger partial charge in [0, 0.05) is 5.56 Å². The molecule has 1 aromatic heterocycles. The van der Waals surface area contributed by atoms with Gasteiger partial charge in [0.05, 0.1) is 16.4 Å². The van der Waals surface area contributed by atoms with E-state index in [-0.39, 0.29) is 15.7 Å². The Labute approximate surface area is 97.3 Å². The van der Waals surface area contributed by atoms with Gasteiger partial charge in [0.25, 0.3) is 0 Å². The second-order valence-electron chi connectivity index (χ2n) is 3.01. The molecule has 2 aromatic rings. The third-order valence-corrected chi connectivity index (χ3v) is 2.60. The van der Waals surface area contributed by atoms with E-state index in [1.807, 2.05) is 0 Å². The van der Waals surface area contributed by atoms with Gasteiger partial charge in [-0.25, -0.2) is 13.6 Å². The van der Waals surface area contributed by atoms with Crippen LogP contribution in [-0.4, -0.2) is 9.97 Å².